The molecule has 0 saturated heterocycles. The van der Waals surface area contributed by atoms with Gasteiger partial charge in [-0.1, -0.05) is 15.9 Å². The molecule has 1 aromatic carbocycles. The molecule has 0 saturated carbocycles. The summed E-state index contributed by atoms with van der Waals surface area (Å²) in [6, 6.07) is 5.85. The molecular formula is C11H14BrNO2. The van der Waals surface area contributed by atoms with Gasteiger partial charge in [-0.15, -0.1) is 0 Å². The van der Waals surface area contributed by atoms with Gasteiger partial charge in [0.1, 0.15) is 6.54 Å². The van der Waals surface area contributed by atoms with E-state index < -0.39 is 0 Å². The smallest absolute Gasteiger partial charge is 0.325 e. The molecule has 15 heavy (non-hydrogen) atoms. The Labute approximate surface area is 97.9 Å². The van der Waals surface area contributed by atoms with Crippen LogP contribution in [0.4, 0.5) is 5.69 Å². The zero-order valence-corrected chi connectivity index (χ0v) is 10.4. The Morgan fingerprint density at radius 2 is 2.27 bits per heavy atom. The summed E-state index contributed by atoms with van der Waals surface area (Å²) in [5, 5.41) is 3.03. The van der Waals surface area contributed by atoms with E-state index >= 15 is 0 Å². The number of esters is 1. The third-order valence-corrected chi connectivity index (χ3v) is 2.41. The fourth-order valence-corrected chi connectivity index (χ4v) is 1.68. The lowest BCUT2D eigenvalue weighted by Gasteiger charge is -2.09. The number of carbonyl (C=O) groups is 1. The second kappa shape index (κ2) is 5.75. The van der Waals surface area contributed by atoms with Gasteiger partial charge in [0.05, 0.1) is 6.61 Å². The number of rotatable bonds is 4. The standard InChI is InChI=1S/C11H14BrNO2/c1-3-15-11(14)7-13-10-5-4-9(12)6-8(10)2/h4-6,13H,3,7H2,1-2H3. The highest BCUT2D eigenvalue weighted by molar-refractivity contribution is 9.10. The number of anilines is 1. The first-order valence-electron chi connectivity index (χ1n) is 4.79. The fraction of sp³-hybridized carbons (Fsp3) is 0.364. The molecular weight excluding hydrogens is 258 g/mol. The molecule has 82 valence electrons. The van der Waals surface area contributed by atoms with Crippen LogP contribution in [-0.4, -0.2) is 19.1 Å². The van der Waals surface area contributed by atoms with Crippen molar-refractivity contribution >= 4 is 27.6 Å². The van der Waals surface area contributed by atoms with Gasteiger partial charge in [-0.2, -0.15) is 0 Å². The highest BCUT2D eigenvalue weighted by Crippen LogP contribution is 2.19. The predicted octanol–water partition coefficient (Wildman–Crippen LogP) is 2.73. The Kier molecular flexibility index (Phi) is 4.62. The zero-order chi connectivity index (χ0) is 11.3. The molecule has 0 bridgehead atoms. The Balaban J connectivity index is 2.54. The molecule has 0 fully saturated rings. The van der Waals surface area contributed by atoms with E-state index in [1.54, 1.807) is 6.92 Å². The van der Waals surface area contributed by atoms with Crippen LogP contribution in [0.2, 0.25) is 0 Å². The quantitative estimate of drug-likeness (QED) is 0.856. The van der Waals surface area contributed by atoms with Gasteiger partial charge in [-0.25, -0.2) is 0 Å². The summed E-state index contributed by atoms with van der Waals surface area (Å²) in [5.74, 6) is -0.236. The summed E-state index contributed by atoms with van der Waals surface area (Å²) >= 11 is 3.38. The lowest BCUT2D eigenvalue weighted by molar-refractivity contribution is -0.140. The number of aryl methyl sites for hydroxylation is 1. The van der Waals surface area contributed by atoms with Gasteiger partial charge in [-0.05, 0) is 37.6 Å². The summed E-state index contributed by atoms with van der Waals surface area (Å²) in [5.41, 5.74) is 2.04. The second-order valence-electron chi connectivity index (χ2n) is 3.12. The molecule has 3 nitrogen and oxygen atoms in total. The van der Waals surface area contributed by atoms with E-state index in [-0.39, 0.29) is 12.5 Å². The number of hydrogen-bond acceptors (Lipinski definition) is 3. The van der Waals surface area contributed by atoms with Crippen molar-refractivity contribution in [1.82, 2.24) is 0 Å². The van der Waals surface area contributed by atoms with Gasteiger partial charge in [0, 0.05) is 10.2 Å². The minimum absolute atomic E-state index is 0.205. The van der Waals surface area contributed by atoms with Crippen molar-refractivity contribution in [3.63, 3.8) is 0 Å². The van der Waals surface area contributed by atoms with Crippen molar-refractivity contribution in [2.45, 2.75) is 13.8 Å². The molecule has 0 unspecified atom stereocenters. The van der Waals surface area contributed by atoms with E-state index in [1.807, 2.05) is 25.1 Å². The average molecular weight is 272 g/mol. The van der Waals surface area contributed by atoms with Crippen LogP contribution in [0.25, 0.3) is 0 Å². The summed E-state index contributed by atoms with van der Waals surface area (Å²) in [6.07, 6.45) is 0. The van der Waals surface area contributed by atoms with E-state index in [2.05, 4.69) is 21.2 Å². The van der Waals surface area contributed by atoms with Crippen molar-refractivity contribution in [1.29, 1.82) is 0 Å². The van der Waals surface area contributed by atoms with Gasteiger partial charge in [0.2, 0.25) is 0 Å². The minimum Gasteiger partial charge on any atom is -0.465 e. The molecule has 0 aliphatic heterocycles. The maximum Gasteiger partial charge on any atom is 0.325 e. The van der Waals surface area contributed by atoms with Crippen LogP contribution in [0.1, 0.15) is 12.5 Å². The van der Waals surface area contributed by atoms with Crippen molar-refractivity contribution in [2.75, 3.05) is 18.5 Å². The summed E-state index contributed by atoms with van der Waals surface area (Å²) < 4.78 is 5.85. The number of carbonyl (C=O) groups excluding carboxylic acids is 1. The molecule has 0 atom stereocenters. The van der Waals surface area contributed by atoms with Crippen molar-refractivity contribution in [3.05, 3.63) is 28.2 Å². The third-order valence-electron chi connectivity index (χ3n) is 1.92. The van der Waals surface area contributed by atoms with Crippen LogP contribution in [0.5, 0.6) is 0 Å². The van der Waals surface area contributed by atoms with Crippen molar-refractivity contribution < 1.29 is 9.53 Å². The number of benzene rings is 1. The normalized spacial score (nSPS) is 9.80. The topological polar surface area (TPSA) is 38.3 Å². The third kappa shape index (κ3) is 3.91. The molecule has 1 N–H and O–H groups in total. The first kappa shape index (κ1) is 12.0. The molecule has 1 aromatic rings. The Morgan fingerprint density at radius 1 is 1.53 bits per heavy atom. The van der Waals surface area contributed by atoms with Crippen molar-refractivity contribution in [3.8, 4) is 0 Å². The van der Waals surface area contributed by atoms with E-state index in [0.29, 0.717) is 6.61 Å². The maximum atomic E-state index is 11.1. The Morgan fingerprint density at radius 3 is 2.87 bits per heavy atom. The Hall–Kier alpha value is -1.03. The molecule has 0 spiro atoms. The highest BCUT2D eigenvalue weighted by Gasteiger charge is 2.03. The molecule has 0 aromatic heterocycles. The minimum atomic E-state index is -0.236. The molecule has 0 heterocycles. The molecule has 1 rings (SSSR count). The number of halogens is 1. The summed E-state index contributed by atoms with van der Waals surface area (Å²) in [7, 11) is 0. The number of ether oxygens (including phenoxy) is 1. The van der Waals surface area contributed by atoms with Crippen LogP contribution < -0.4 is 5.32 Å². The lowest BCUT2D eigenvalue weighted by atomic mass is 10.2. The SMILES string of the molecule is CCOC(=O)CNc1ccc(Br)cc1C. The van der Waals surface area contributed by atoms with E-state index in [9.17, 15) is 4.79 Å². The van der Waals surface area contributed by atoms with Gasteiger partial charge in [0.25, 0.3) is 0 Å². The fourth-order valence-electron chi connectivity index (χ4n) is 1.20. The maximum absolute atomic E-state index is 11.1. The van der Waals surface area contributed by atoms with Crippen LogP contribution in [-0.2, 0) is 9.53 Å². The van der Waals surface area contributed by atoms with Gasteiger partial charge >= 0.3 is 5.97 Å². The molecule has 4 heteroatoms. The molecule has 0 aliphatic rings. The molecule has 0 radical (unpaired) electrons. The predicted molar refractivity (Wildman–Crippen MR) is 64.0 cm³/mol. The van der Waals surface area contributed by atoms with Gasteiger partial charge < -0.3 is 10.1 Å². The summed E-state index contributed by atoms with van der Waals surface area (Å²) in [6.45, 7) is 4.40. The van der Waals surface area contributed by atoms with Crippen LogP contribution in [0.3, 0.4) is 0 Å². The zero-order valence-electron chi connectivity index (χ0n) is 8.84. The van der Waals surface area contributed by atoms with Crippen molar-refractivity contribution in [2.24, 2.45) is 0 Å². The van der Waals surface area contributed by atoms with E-state index in [1.165, 1.54) is 0 Å². The van der Waals surface area contributed by atoms with Crippen LogP contribution >= 0.6 is 15.9 Å². The summed E-state index contributed by atoms with van der Waals surface area (Å²) in [4.78, 5) is 11.1. The largest absolute Gasteiger partial charge is 0.465 e. The molecule has 0 aliphatic carbocycles. The van der Waals surface area contributed by atoms with Gasteiger partial charge in [0.15, 0.2) is 0 Å². The number of nitrogens with one attached hydrogen (secondary N) is 1. The van der Waals surface area contributed by atoms with Gasteiger partial charge in [-0.3, -0.25) is 4.79 Å². The second-order valence-corrected chi connectivity index (χ2v) is 4.03. The number of hydrogen-bond donors (Lipinski definition) is 1. The van der Waals surface area contributed by atoms with Crippen LogP contribution in [0, 0.1) is 6.92 Å². The molecule has 0 amide bonds. The first-order chi connectivity index (χ1) is 7.13. The average Bonchev–Trinajstić information content (AvgIpc) is 2.17. The van der Waals surface area contributed by atoms with E-state index in [4.69, 9.17) is 4.74 Å². The Bertz CT molecular complexity index is 352. The van der Waals surface area contributed by atoms with Crippen LogP contribution in [0.15, 0.2) is 22.7 Å². The first-order valence-corrected chi connectivity index (χ1v) is 5.58. The highest BCUT2D eigenvalue weighted by atomic mass is 79.9. The van der Waals surface area contributed by atoms with E-state index in [0.717, 1.165) is 15.7 Å². The monoisotopic (exact) mass is 271 g/mol. The lowest BCUT2D eigenvalue weighted by Crippen LogP contribution is -2.17.